The highest BCUT2D eigenvalue weighted by molar-refractivity contribution is 6.10. The quantitative estimate of drug-likeness (QED) is 0.593. The number of fused-ring (bicyclic) bond motifs is 1. The van der Waals surface area contributed by atoms with E-state index in [1.807, 2.05) is 31.2 Å². The summed E-state index contributed by atoms with van der Waals surface area (Å²) in [7, 11) is 0. The summed E-state index contributed by atoms with van der Waals surface area (Å²) in [5.74, 6) is -0.786. The molecule has 0 bridgehead atoms. The second-order valence-corrected chi connectivity index (χ2v) is 4.91. The van der Waals surface area contributed by atoms with Crippen LogP contribution in [0.3, 0.4) is 0 Å². The van der Waals surface area contributed by atoms with Gasteiger partial charge in [0.2, 0.25) is 5.78 Å². The van der Waals surface area contributed by atoms with Gasteiger partial charge in [-0.1, -0.05) is 18.2 Å². The van der Waals surface area contributed by atoms with Gasteiger partial charge in [-0.25, -0.2) is 4.79 Å². The van der Waals surface area contributed by atoms with Gasteiger partial charge in [-0.3, -0.25) is 9.78 Å². The van der Waals surface area contributed by atoms with Gasteiger partial charge in [0, 0.05) is 34.6 Å². The summed E-state index contributed by atoms with van der Waals surface area (Å²) >= 11 is 0. The molecular weight excluding hydrogens is 280 g/mol. The number of benzene rings is 1. The molecule has 0 atom stereocenters. The smallest absolute Gasteiger partial charge is 0.340 e. The minimum Gasteiger partial charge on any atom is -0.454 e. The summed E-state index contributed by atoms with van der Waals surface area (Å²) in [6.07, 6.45) is 2.97. The average Bonchev–Trinajstić information content (AvgIpc) is 2.89. The van der Waals surface area contributed by atoms with Crippen LogP contribution < -0.4 is 0 Å². The molecule has 2 heterocycles. The van der Waals surface area contributed by atoms with E-state index in [0.29, 0.717) is 11.1 Å². The molecule has 22 heavy (non-hydrogen) atoms. The Balaban J connectivity index is 1.77. The molecule has 0 spiro atoms. The standard InChI is InChI=1S/C17H14N2O3/c1-11-16(13-6-2-3-7-14(13)19-11)15(20)10-22-17(21)12-5-4-8-18-9-12/h2-9,19H,10H2,1H3. The van der Waals surface area contributed by atoms with Crippen LogP contribution in [-0.4, -0.2) is 28.3 Å². The number of carbonyl (C=O) groups excluding carboxylic acids is 2. The normalized spacial score (nSPS) is 10.6. The van der Waals surface area contributed by atoms with Crippen molar-refractivity contribution in [3.05, 3.63) is 65.6 Å². The van der Waals surface area contributed by atoms with Gasteiger partial charge < -0.3 is 9.72 Å². The zero-order valence-electron chi connectivity index (χ0n) is 12.0. The SMILES string of the molecule is Cc1[nH]c2ccccc2c1C(=O)COC(=O)c1cccnc1. The van der Waals surface area contributed by atoms with Crippen LogP contribution in [0.2, 0.25) is 0 Å². The first kappa shape index (κ1) is 14.0. The lowest BCUT2D eigenvalue weighted by atomic mass is 10.1. The van der Waals surface area contributed by atoms with Gasteiger partial charge in [-0.15, -0.1) is 0 Å². The molecular formula is C17H14N2O3. The third kappa shape index (κ3) is 2.61. The second-order valence-electron chi connectivity index (χ2n) is 4.91. The Hall–Kier alpha value is -2.95. The van der Waals surface area contributed by atoms with Crippen LogP contribution in [0.1, 0.15) is 26.4 Å². The van der Waals surface area contributed by atoms with Gasteiger partial charge in [0.15, 0.2) is 6.61 Å². The Morgan fingerprint density at radius 2 is 2.00 bits per heavy atom. The summed E-state index contributed by atoms with van der Waals surface area (Å²) in [6.45, 7) is 1.53. The van der Waals surface area contributed by atoms with Gasteiger partial charge in [0.25, 0.3) is 0 Å². The Labute approximate surface area is 126 Å². The largest absolute Gasteiger partial charge is 0.454 e. The first-order chi connectivity index (χ1) is 10.7. The molecule has 0 aliphatic heterocycles. The molecule has 0 unspecified atom stereocenters. The molecule has 0 saturated heterocycles. The van der Waals surface area contributed by atoms with E-state index in [2.05, 4.69) is 9.97 Å². The van der Waals surface area contributed by atoms with Crippen molar-refractivity contribution in [1.29, 1.82) is 0 Å². The van der Waals surface area contributed by atoms with Crippen LogP contribution in [0.15, 0.2) is 48.8 Å². The molecule has 0 amide bonds. The molecule has 0 aliphatic rings. The molecule has 1 aromatic carbocycles. The van der Waals surface area contributed by atoms with E-state index < -0.39 is 5.97 Å². The lowest BCUT2D eigenvalue weighted by Crippen LogP contribution is -2.15. The predicted molar refractivity (Wildman–Crippen MR) is 81.9 cm³/mol. The highest BCUT2D eigenvalue weighted by Gasteiger charge is 2.18. The van der Waals surface area contributed by atoms with Gasteiger partial charge in [-0.05, 0) is 25.1 Å². The molecule has 2 aromatic heterocycles. The Bertz CT molecular complexity index is 837. The fourth-order valence-corrected chi connectivity index (χ4v) is 2.41. The highest BCUT2D eigenvalue weighted by atomic mass is 16.5. The van der Waals surface area contributed by atoms with Gasteiger partial charge in [0.05, 0.1) is 5.56 Å². The maximum absolute atomic E-state index is 12.4. The third-order valence-corrected chi connectivity index (χ3v) is 3.40. The molecule has 1 N–H and O–H groups in total. The van der Waals surface area contributed by atoms with Crippen LogP contribution in [0.4, 0.5) is 0 Å². The van der Waals surface area contributed by atoms with Crippen molar-refractivity contribution in [3.8, 4) is 0 Å². The van der Waals surface area contributed by atoms with Crippen molar-refractivity contribution in [3.63, 3.8) is 0 Å². The van der Waals surface area contributed by atoms with E-state index in [0.717, 1.165) is 16.6 Å². The van der Waals surface area contributed by atoms with Crippen molar-refractivity contribution in [1.82, 2.24) is 9.97 Å². The van der Waals surface area contributed by atoms with Crippen molar-refractivity contribution in [2.24, 2.45) is 0 Å². The van der Waals surface area contributed by atoms with Crippen LogP contribution in [0.25, 0.3) is 10.9 Å². The number of aromatic nitrogens is 2. The summed E-state index contributed by atoms with van der Waals surface area (Å²) in [6, 6.07) is 10.8. The number of para-hydroxylation sites is 1. The Kier molecular flexibility index (Phi) is 3.70. The van der Waals surface area contributed by atoms with Crippen LogP contribution in [0, 0.1) is 6.92 Å². The summed E-state index contributed by atoms with van der Waals surface area (Å²) in [5, 5.41) is 0.836. The van der Waals surface area contributed by atoms with Crippen molar-refractivity contribution < 1.29 is 14.3 Å². The number of hydrogen-bond donors (Lipinski definition) is 1. The number of H-pyrrole nitrogens is 1. The van der Waals surface area contributed by atoms with E-state index in [1.165, 1.54) is 6.20 Å². The highest BCUT2D eigenvalue weighted by Crippen LogP contribution is 2.22. The number of esters is 1. The minimum absolute atomic E-state index is 0.229. The number of ether oxygens (including phenoxy) is 1. The molecule has 0 fully saturated rings. The van der Waals surface area contributed by atoms with Crippen molar-refractivity contribution in [2.75, 3.05) is 6.61 Å². The number of aryl methyl sites for hydroxylation is 1. The molecule has 110 valence electrons. The first-order valence-corrected chi connectivity index (χ1v) is 6.84. The second kappa shape index (κ2) is 5.81. The third-order valence-electron chi connectivity index (χ3n) is 3.40. The van der Waals surface area contributed by atoms with Gasteiger partial charge in [-0.2, -0.15) is 0 Å². The van der Waals surface area contributed by atoms with Gasteiger partial charge in [0.1, 0.15) is 0 Å². The lowest BCUT2D eigenvalue weighted by molar-refractivity contribution is 0.0474. The Morgan fingerprint density at radius 1 is 1.18 bits per heavy atom. The summed E-state index contributed by atoms with van der Waals surface area (Å²) in [5.41, 5.74) is 2.55. The van der Waals surface area contributed by atoms with E-state index >= 15 is 0 Å². The fourth-order valence-electron chi connectivity index (χ4n) is 2.41. The van der Waals surface area contributed by atoms with Crippen molar-refractivity contribution >= 4 is 22.7 Å². The fraction of sp³-hybridized carbons (Fsp3) is 0.118. The first-order valence-electron chi connectivity index (χ1n) is 6.84. The van der Waals surface area contributed by atoms with Gasteiger partial charge >= 0.3 is 5.97 Å². The van der Waals surface area contributed by atoms with E-state index in [-0.39, 0.29) is 12.4 Å². The number of rotatable bonds is 4. The average molecular weight is 294 g/mol. The van der Waals surface area contributed by atoms with Crippen LogP contribution >= 0.6 is 0 Å². The molecule has 0 aliphatic carbocycles. The van der Waals surface area contributed by atoms with E-state index in [4.69, 9.17) is 4.74 Å². The maximum atomic E-state index is 12.4. The molecule has 0 saturated carbocycles. The molecule has 3 rings (SSSR count). The number of carbonyl (C=O) groups is 2. The summed E-state index contributed by atoms with van der Waals surface area (Å²) in [4.78, 5) is 31.2. The molecule has 0 radical (unpaired) electrons. The zero-order valence-corrected chi connectivity index (χ0v) is 12.0. The number of nitrogens with one attached hydrogen (secondary N) is 1. The number of aromatic amines is 1. The number of hydrogen-bond acceptors (Lipinski definition) is 4. The number of ketones is 1. The van der Waals surface area contributed by atoms with Crippen LogP contribution in [-0.2, 0) is 4.74 Å². The predicted octanol–water partition coefficient (Wildman–Crippen LogP) is 2.91. The van der Waals surface area contributed by atoms with Crippen LogP contribution in [0.5, 0.6) is 0 Å². The maximum Gasteiger partial charge on any atom is 0.340 e. The number of Topliss-reactive ketones (excluding diaryl/α,β-unsaturated/α-hetero) is 1. The monoisotopic (exact) mass is 294 g/mol. The van der Waals surface area contributed by atoms with E-state index in [1.54, 1.807) is 18.3 Å². The topological polar surface area (TPSA) is 72.1 Å². The Morgan fingerprint density at radius 3 is 2.77 bits per heavy atom. The summed E-state index contributed by atoms with van der Waals surface area (Å²) < 4.78 is 5.08. The molecule has 3 aromatic rings. The van der Waals surface area contributed by atoms with E-state index in [9.17, 15) is 9.59 Å². The minimum atomic E-state index is -0.557. The molecule has 5 heteroatoms. The van der Waals surface area contributed by atoms with Crippen molar-refractivity contribution in [2.45, 2.75) is 6.92 Å². The molecule has 5 nitrogen and oxygen atoms in total. The zero-order chi connectivity index (χ0) is 15.5. The number of pyridine rings is 1. The lowest BCUT2D eigenvalue weighted by Gasteiger charge is -2.04. The number of nitrogens with zero attached hydrogens (tertiary/aromatic N) is 1.